The van der Waals surface area contributed by atoms with Crippen molar-refractivity contribution in [3.8, 4) is 0 Å². The number of hydrogen-bond acceptors (Lipinski definition) is 4. The lowest BCUT2D eigenvalue weighted by molar-refractivity contribution is -0.140. The van der Waals surface area contributed by atoms with Crippen LogP contribution in [0.15, 0.2) is 6.33 Å². The standard InChI is InChI=1S/C11H19N5O3/c1-4-7(2)9(10(17)18)14-11(19)12-5-8-13-6-16(3)15-8/h6-7,9H,4-5H2,1-3H3,(H,17,18)(H2,12,14,19). The zero-order chi connectivity index (χ0) is 14.4. The number of carbonyl (C=O) groups is 2. The summed E-state index contributed by atoms with van der Waals surface area (Å²) >= 11 is 0. The van der Waals surface area contributed by atoms with Crippen LogP contribution >= 0.6 is 0 Å². The van der Waals surface area contributed by atoms with Gasteiger partial charge in [-0.25, -0.2) is 14.6 Å². The number of carboxylic acid groups (broad SMARTS) is 1. The van der Waals surface area contributed by atoms with E-state index in [0.29, 0.717) is 12.2 Å². The fourth-order valence-corrected chi connectivity index (χ4v) is 1.50. The summed E-state index contributed by atoms with van der Waals surface area (Å²) in [4.78, 5) is 26.6. The Kier molecular flexibility index (Phi) is 5.28. The fraction of sp³-hybridized carbons (Fsp3) is 0.636. The maximum absolute atomic E-state index is 11.6. The predicted molar refractivity (Wildman–Crippen MR) is 67.3 cm³/mol. The van der Waals surface area contributed by atoms with Gasteiger partial charge in [-0.2, -0.15) is 5.10 Å². The van der Waals surface area contributed by atoms with Crippen LogP contribution in [0.2, 0.25) is 0 Å². The molecular weight excluding hydrogens is 250 g/mol. The molecular formula is C11H19N5O3. The van der Waals surface area contributed by atoms with Crippen LogP contribution in [0.4, 0.5) is 4.79 Å². The molecule has 8 heteroatoms. The van der Waals surface area contributed by atoms with Gasteiger partial charge in [0.25, 0.3) is 0 Å². The van der Waals surface area contributed by atoms with E-state index < -0.39 is 18.0 Å². The molecule has 0 aromatic carbocycles. The number of rotatable bonds is 6. The van der Waals surface area contributed by atoms with E-state index in [-0.39, 0.29) is 12.5 Å². The molecule has 3 N–H and O–H groups in total. The summed E-state index contributed by atoms with van der Waals surface area (Å²) in [5, 5.41) is 18.0. The minimum atomic E-state index is -1.04. The molecule has 106 valence electrons. The van der Waals surface area contributed by atoms with E-state index in [1.54, 1.807) is 14.0 Å². The molecule has 0 aliphatic carbocycles. The van der Waals surface area contributed by atoms with Crippen LogP contribution in [0.3, 0.4) is 0 Å². The zero-order valence-corrected chi connectivity index (χ0v) is 11.3. The van der Waals surface area contributed by atoms with Crippen molar-refractivity contribution in [2.75, 3.05) is 0 Å². The van der Waals surface area contributed by atoms with Gasteiger partial charge in [0.15, 0.2) is 5.82 Å². The second-order valence-electron chi connectivity index (χ2n) is 4.36. The van der Waals surface area contributed by atoms with Gasteiger partial charge in [-0.15, -0.1) is 0 Å². The summed E-state index contributed by atoms with van der Waals surface area (Å²) < 4.78 is 1.52. The molecule has 2 amide bonds. The maximum atomic E-state index is 11.6. The number of carbonyl (C=O) groups excluding carboxylic acids is 1. The van der Waals surface area contributed by atoms with Gasteiger partial charge in [0, 0.05) is 7.05 Å². The molecule has 0 saturated carbocycles. The Labute approximate surface area is 111 Å². The van der Waals surface area contributed by atoms with Crippen LogP contribution < -0.4 is 10.6 Å². The molecule has 1 heterocycles. The van der Waals surface area contributed by atoms with E-state index in [2.05, 4.69) is 20.7 Å². The van der Waals surface area contributed by atoms with Crippen molar-refractivity contribution in [1.29, 1.82) is 0 Å². The van der Waals surface area contributed by atoms with Gasteiger partial charge in [0.2, 0.25) is 0 Å². The van der Waals surface area contributed by atoms with E-state index in [4.69, 9.17) is 5.11 Å². The zero-order valence-electron chi connectivity index (χ0n) is 11.3. The predicted octanol–water partition coefficient (Wildman–Crippen LogP) is 0.114. The first-order valence-corrected chi connectivity index (χ1v) is 6.05. The van der Waals surface area contributed by atoms with E-state index in [0.717, 1.165) is 0 Å². The quantitative estimate of drug-likeness (QED) is 0.679. The average molecular weight is 269 g/mol. The highest BCUT2D eigenvalue weighted by molar-refractivity contribution is 5.82. The molecule has 19 heavy (non-hydrogen) atoms. The number of aromatic nitrogens is 3. The molecule has 0 spiro atoms. The van der Waals surface area contributed by atoms with Crippen LogP contribution in [0.5, 0.6) is 0 Å². The van der Waals surface area contributed by atoms with E-state index in [1.165, 1.54) is 11.0 Å². The molecule has 1 rings (SSSR count). The molecule has 8 nitrogen and oxygen atoms in total. The largest absolute Gasteiger partial charge is 0.480 e. The summed E-state index contributed by atoms with van der Waals surface area (Å²) in [6, 6.07) is -1.44. The van der Waals surface area contributed by atoms with Crippen molar-refractivity contribution in [2.24, 2.45) is 13.0 Å². The first-order valence-electron chi connectivity index (χ1n) is 6.05. The van der Waals surface area contributed by atoms with Gasteiger partial charge in [-0.1, -0.05) is 20.3 Å². The van der Waals surface area contributed by atoms with Crippen molar-refractivity contribution in [3.63, 3.8) is 0 Å². The molecule has 0 radical (unpaired) electrons. The van der Waals surface area contributed by atoms with Crippen LogP contribution in [0, 0.1) is 5.92 Å². The number of carboxylic acids is 1. The Balaban J connectivity index is 2.46. The lowest BCUT2D eigenvalue weighted by Crippen LogP contribution is -2.48. The minimum Gasteiger partial charge on any atom is -0.480 e. The molecule has 0 fully saturated rings. The van der Waals surface area contributed by atoms with Crippen molar-refractivity contribution in [1.82, 2.24) is 25.4 Å². The van der Waals surface area contributed by atoms with Gasteiger partial charge in [-0.05, 0) is 5.92 Å². The smallest absolute Gasteiger partial charge is 0.326 e. The minimum absolute atomic E-state index is 0.142. The molecule has 1 aromatic heterocycles. The highest BCUT2D eigenvalue weighted by Crippen LogP contribution is 2.07. The lowest BCUT2D eigenvalue weighted by Gasteiger charge is -2.20. The van der Waals surface area contributed by atoms with Gasteiger partial charge in [0.05, 0.1) is 6.54 Å². The second-order valence-corrected chi connectivity index (χ2v) is 4.36. The van der Waals surface area contributed by atoms with Crippen LogP contribution in [0.1, 0.15) is 26.1 Å². The number of aryl methyl sites for hydroxylation is 1. The Morgan fingerprint density at radius 3 is 2.68 bits per heavy atom. The topological polar surface area (TPSA) is 109 Å². The van der Waals surface area contributed by atoms with Crippen molar-refractivity contribution in [3.05, 3.63) is 12.2 Å². The third kappa shape index (κ3) is 4.57. The molecule has 0 aliphatic rings. The van der Waals surface area contributed by atoms with Gasteiger partial charge < -0.3 is 15.7 Å². The SMILES string of the molecule is CCC(C)C(NC(=O)NCc1ncn(C)n1)C(=O)O. The van der Waals surface area contributed by atoms with Crippen molar-refractivity contribution < 1.29 is 14.7 Å². The van der Waals surface area contributed by atoms with Gasteiger partial charge >= 0.3 is 12.0 Å². The average Bonchev–Trinajstić information content (AvgIpc) is 2.78. The summed E-state index contributed by atoms with van der Waals surface area (Å²) in [5.74, 6) is -0.718. The number of amides is 2. The summed E-state index contributed by atoms with van der Waals surface area (Å²) in [7, 11) is 1.72. The molecule has 1 aromatic rings. The highest BCUT2D eigenvalue weighted by Gasteiger charge is 2.25. The highest BCUT2D eigenvalue weighted by atomic mass is 16.4. The summed E-state index contributed by atoms with van der Waals surface area (Å²) in [5.41, 5.74) is 0. The normalized spacial score (nSPS) is 13.6. The number of nitrogens with one attached hydrogen (secondary N) is 2. The Bertz CT molecular complexity index is 445. The molecule has 0 aliphatic heterocycles. The number of nitrogens with zero attached hydrogens (tertiary/aromatic N) is 3. The molecule has 0 bridgehead atoms. The molecule has 2 unspecified atom stereocenters. The lowest BCUT2D eigenvalue weighted by atomic mass is 9.99. The Morgan fingerprint density at radius 1 is 1.53 bits per heavy atom. The maximum Gasteiger partial charge on any atom is 0.326 e. The van der Waals surface area contributed by atoms with Crippen molar-refractivity contribution >= 4 is 12.0 Å². The van der Waals surface area contributed by atoms with Gasteiger partial charge in [0.1, 0.15) is 12.4 Å². The second kappa shape index (κ2) is 6.72. The first-order chi connectivity index (χ1) is 8.93. The Morgan fingerprint density at radius 2 is 2.21 bits per heavy atom. The Hall–Kier alpha value is -2.12. The van der Waals surface area contributed by atoms with Gasteiger partial charge in [-0.3, -0.25) is 4.68 Å². The van der Waals surface area contributed by atoms with E-state index in [9.17, 15) is 9.59 Å². The third-order valence-corrected chi connectivity index (χ3v) is 2.82. The first kappa shape index (κ1) is 14.9. The van der Waals surface area contributed by atoms with Crippen molar-refractivity contribution in [2.45, 2.75) is 32.9 Å². The summed E-state index contributed by atoms with van der Waals surface area (Å²) in [6.07, 6.45) is 2.19. The van der Waals surface area contributed by atoms with E-state index >= 15 is 0 Å². The van der Waals surface area contributed by atoms with Crippen LogP contribution in [-0.4, -0.2) is 37.9 Å². The monoisotopic (exact) mass is 269 g/mol. The molecule has 0 saturated heterocycles. The number of hydrogen-bond donors (Lipinski definition) is 3. The fourth-order valence-electron chi connectivity index (χ4n) is 1.50. The number of aliphatic carboxylic acids is 1. The third-order valence-electron chi connectivity index (χ3n) is 2.82. The number of urea groups is 1. The molecule has 2 atom stereocenters. The van der Waals surface area contributed by atoms with Crippen LogP contribution in [-0.2, 0) is 18.4 Å². The van der Waals surface area contributed by atoms with Crippen LogP contribution in [0.25, 0.3) is 0 Å². The summed E-state index contributed by atoms with van der Waals surface area (Å²) in [6.45, 7) is 3.80. The van der Waals surface area contributed by atoms with E-state index in [1.807, 2.05) is 6.92 Å².